The molecule has 0 bridgehead atoms. The fourth-order valence-corrected chi connectivity index (χ4v) is 5.97. The van der Waals surface area contributed by atoms with Crippen molar-refractivity contribution in [1.82, 2.24) is 0 Å². The Morgan fingerprint density at radius 3 is 1.48 bits per heavy atom. The molecule has 0 saturated carbocycles. The Hall–Kier alpha value is -3.52. The second-order valence-corrected chi connectivity index (χ2v) is 10.4. The third kappa shape index (κ3) is 2.67. The third-order valence-electron chi connectivity index (χ3n) is 7.85. The molecule has 0 unspecified atom stereocenters. The number of benzene rings is 4. The van der Waals surface area contributed by atoms with Crippen LogP contribution in [0, 0.1) is 0 Å². The highest BCUT2D eigenvalue weighted by Gasteiger charge is 2.38. The van der Waals surface area contributed by atoms with Crippen LogP contribution in [0.4, 0.5) is 28.4 Å². The lowest BCUT2D eigenvalue weighted by Gasteiger charge is -2.44. The largest absolute Gasteiger partial charge is 0.344 e. The van der Waals surface area contributed by atoms with E-state index in [1.54, 1.807) is 0 Å². The summed E-state index contributed by atoms with van der Waals surface area (Å²) in [5.41, 5.74) is 11.7. The van der Waals surface area contributed by atoms with Gasteiger partial charge in [0, 0.05) is 34.9 Å². The van der Waals surface area contributed by atoms with Crippen molar-refractivity contribution >= 4 is 28.4 Å². The number of fused-ring (bicyclic) bond motifs is 4. The molecule has 6 rings (SSSR count). The van der Waals surface area contributed by atoms with Crippen LogP contribution in [0.15, 0.2) is 91.0 Å². The van der Waals surface area contributed by atoms with Gasteiger partial charge in [-0.3, -0.25) is 0 Å². The predicted molar refractivity (Wildman–Crippen MR) is 140 cm³/mol. The van der Waals surface area contributed by atoms with Gasteiger partial charge in [-0.25, -0.2) is 0 Å². The van der Waals surface area contributed by atoms with E-state index in [1.165, 1.54) is 50.7 Å². The van der Waals surface area contributed by atoms with Crippen molar-refractivity contribution < 1.29 is 0 Å². The number of anilines is 5. The molecular formula is C31H30N2. The van der Waals surface area contributed by atoms with Crippen molar-refractivity contribution in [2.24, 2.45) is 0 Å². The Labute approximate surface area is 197 Å². The van der Waals surface area contributed by atoms with Crippen LogP contribution in [0.1, 0.15) is 49.9 Å². The summed E-state index contributed by atoms with van der Waals surface area (Å²) in [6.45, 7) is 9.37. The maximum absolute atomic E-state index is 2.45. The molecule has 4 aromatic rings. The molecule has 0 aliphatic carbocycles. The highest BCUT2D eigenvalue weighted by Crippen LogP contribution is 2.54. The van der Waals surface area contributed by atoms with Gasteiger partial charge in [-0.1, -0.05) is 82.3 Å². The summed E-state index contributed by atoms with van der Waals surface area (Å²) in [5.74, 6) is 0. The van der Waals surface area contributed by atoms with Gasteiger partial charge in [-0.2, -0.15) is 0 Å². The summed E-state index contributed by atoms with van der Waals surface area (Å²) in [5, 5.41) is 0. The smallest absolute Gasteiger partial charge is 0.0502 e. The molecule has 2 nitrogen and oxygen atoms in total. The molecule has 4 aromatic carbocycles. The Balaban J connectivity index is 1.59. The molecule has 33 heavy (non-hydrogen) atoms. The van der Waals surface area contributed by atoms with Gasteiger partial charge in [0.05, 0.1) is 11.4 Å². The summed E-state index contributed by atoms with van der Waals surface area (Å²) >= 11 is 0. The number of rotatable bonds is 1. The highest BCUT2D eigenvalue weighted by atomic mass is 15.2. The van der Waals surface area contributed by atoms with Crippen LogP contribution in [-0.4, -0.2) is 7.05 Å². The molecular weight excluding hydrogens is 400 g/mol. The molecule has 0 atom stereocenters. The SMILES string of the molecule is CN1c2ccccc2C(C)(C)c2cc(N3c4ccccc4C(C)(C)c4ccccc43)ccc21. The highest BCUT2D eigenvalue weighted by molar-refractivity contribution is 5.88. The molecule has 0 saturated heterocycles. The first-order valence-corrected chi connectivity index (χ1v) is 11.8. The topological polar surface area (TPSA) is 6.48 Å². The van der Waals surface area contributed by atoms with Crippen molar-refractivity contribution in [3.05, 3.63) is 113 Å². The van der Waals surface area contributed by atoms with Crippen LogP contribution < -0.4 is 9.80 Å². The van der Waals surface area contributed by atoms with Gasteiger partial charge in [0.25, 0.3) is 0 Å². The maximum atomic E-state index is 2.45. The zero-order valence-corrected chi connectivity index (χ0v) is 20.1. The molecule has 2 aliphatic heterocycles. The first kappa shape index (κ1) is 20.1. The molecule has 0 amide bonds. The summed E-state index contributed by atoms with van der Waals surface area (Å²) in [7, 11) is 2.18. The predicted octanol–water partition coefficient (Wildman–Crippen LogP) is 8.20. The minimum absolute atomic E-state index is 0.0453. The lowest BCUT2D eigenvalue weighted by molar-refractivity contribution is 0.627. The van der Waals surface area contributed by atoms with Crippen molar-refractivity contribution in [3.8, 4) is 0 Å². The van der Waals surface area contributed by atoms with E-state index in [4.69, 9.17) is 0 Å². The second-order valence-electron chi connectivity index (χ2n) is 10.4. The number of hydrogen-bond donors (Lipinski definition) is 0. The summed E-state index contributed by atoms with van der Waals surface area (Å²) in [6, 6.07) is 33.5. The van der Waals surface area contributed by atoms with Gasteiger partial charge in [-0.05, 0) is 58.7 Å². The van der Waals surface area contributed by atoms with E-state index in [1.807, 2.05) is 0 Å². The first-order valence-electron chi connectivity index (χ1n) is 11.8. The normalized spacial score (nSPS) is 17.0. The minimum atomic E-state index is -0.0808. The van der Waals surface area contributed by atoms with Crippen LogP contribution in [0.3, 0.4) is 0 Å². The van der Waals surface area contributed by atoms with E-state index in [2.05, 4.69) is 136 Å². The quantitative estimate of drug-likeness (QED) is 0.300. The van der Waals surface area contributed by atoms with E-state index in [0.29, 0.717) is 0 Å². The molecule has 2 heteroatoms. The Morgan fingerprint density at radius 2 is 0.909 bits per heavy atom. The zero-order valence-electron chi connectivity index (χ0n) is 20.1. The molecule has 0 spiro atoms. The molecule has 0 aromatic heterocycles. The molecule has 0 fully saturated rings. The maximum Gasteiger partial charge on any atom is 0.0502 e. The summed E-state index contributed by atoms with van der Waals surface area (Å²) in [4.78, 5) is 4.79. The molecule has 0 N–H and O–H groups in total. The molecule has 2 heterocycles. The molecule has 0 radical (unpaired) electrons. The van der Waals surface area contributed by atoms with Gasteiger partial charge < -0.3 is 9.80 Å². The Bertz CT molecular complexity index is 1350. The minimum Gasteiger partial charge on any atom is -0.344 e. The van der Waals surface area contributed by atoms with Crippen LogP contribution in [0.5, 0.6) is 0 Å². The van der Waals surface area contributed by atoms with Crippen molar-refractivity contribution in [1.29, 1.82) is 0 Å². The summed E-state index contributed by atoms with van der Waals surface area (Å²) < 4.78 is 0. The van der Waals surface area contributed by atoms with E-state index in [0.717, 1.165) is 0 Å². The van der Waals surface area contributed by atoms with Crippen LogP contribution >= 0.6 is 0 Å². The number of para-hydroxylation sites is 3. The molecule has 2 aliphatic rings. The van der Waals surface area contributed by atoms with E-state index in [9.17, 15) is 0 Å². The molecule has 164 valence electrons. The van der Waals surface area contributed by atoms with Gasteiger partial charge in [0.2, 0.25) is 0 Å². The zero-order chi connectivity index (χ0) is 23.0. The standard InChI is InChI=1S/C31H30N2/c1-30(2)23-13-7-10-16-28(23)33(29-17-11-8-14-24(29)30)21-18-19-27-25(20-21)31(3,4)22-12-6-9-15-26(22)32(27)5/h6-20H,1-5H3. The van der Waals surface area contributed by atoms with E-state index >= 15 is 0 Å². The second kappa shape index (κ2) is 6.74. The average Bonchev–Trinajstić information content (AvgIpc) is 2.83. The van der Waals surface area contributed by atoms with Crippen molar-refractivity contribution in [2.75, 3.05) is 16.8 Å². The summed E-state index contributed by atoms with van der Waals surface area (Å²) in [6.07, 6.45) is 0. The van der Waals surface area contributed by atoms with Gasteiger partial charge >= 0.3 is 0 Å². The third-order valence-corrected chi connectivity index (χ3v) is 7.85. The van der Waals surface area contributed by atoms with Crippen LogP contribution in [-0.2, 0) is 10.8 Å². The van der Waals surface area contributed by atoms with Gasteiger partial charge in [-0.15, -0.1) is 0 Å². The first-order chi connectivity index (χ1) is 15.8. The fourth-order valence-electron chi connectivity index (χ4n) is 5.97. The Kier molecular flexibility index (Phi) is 4.11. The van der Waals surface area contributed by atoms with Crippen molar-refractivity contribution in [3.63, 3.8) is 0 Å². The number of nitrogens with zero attached hydrogens (tertiary/aromatic N) is 2. The Morgan fingerprint density at radius 1 is 0.485 bits per heavy atom. The van der Waals surface area contributed by atoms with Gasteiger partial charge in [0.15, 0.2) is 0 Å². The van der Waals surface area contributed by atoms with Crippen LogP contribution in [0.25, 0.3) is 0 Å². The van der Waals surface area contributed by atoms with Crippen LogP contribution in [0.2, 0.25) is 0 Å². The van der Waals surface area contributed by atoms with Gasteiger partial charge in [0.1, 0.15) is 0 Å². The monoisotopic (exact) mass is 430 g/mol. The average molecular weight is 431 g/mol. The van der Waals surface area contributed by atoms with E-state index < -0.39 is 0 Å². The lowest BCUT2D eigenvalue weighted by atomic mass is 9.72. The fraction of sp³-hybridized carbons (Fsp3) is 0.226. The van der Waals surface area contributed by atoms with E-state index in [-0.39, 0.29) is 10.8 Å². The lowest BCUT2D eigenvalue weighted by Crippen LogP contribution is -2.32. The van der Waals surface area contributed by atoms with Crippen molar-refractivity contribution in [2.45, 2.75) is 38.5 Å². The number of hydrogen-bond acceptors (Lipinski definition) is 2.